The molecule has 1 fully saturated rings. The third kappa shape index (κ3) is 3.41. The number of aromatic nitrogens is 2. The van der Waals surface area contributed by atoms with Gasteiger partial charge in [-0.15, -0.1) is 0 Å². The zero-order chi connectivity index (χ0) is 13.8. The SMILES string of the molecule is Cc1ncnc(N(CC2CCNCC2)C(C)C)c1F. The van der Waals surface area contributed by atoms with Crippen LogP contribution in [0.2, 0.25) is 0 Å². The summed E-state index contributed by atoms with van der Waals surface area (Å²) in [4.78, 5) is 10.1. The van der Waals surface area contributed by atoms with Gasteiger partial charge in [-0.1, -0.05) is 0 Å². The zero-order valence-corrected chi connectivity index (χ0v) is 12.0. The highest BCUT2D eigenvalue weighted by Gasteiger charge is 2.23. The molecule has 2 heterocycles. The number of hydrogen-bond donors (Lipinski definition) is 1. The highest BCUT2D eigenvalue weighted by atomic mass is 19.1. The van der Waals surface area contributed by atoms with Gasteiger partial charge in [0.25, 0.3) is 0 Å². The fraction of sp³-hybridized carbons (Fsp3) is 0.714. The first-order valence-electron chi connectivity index (χ1n) is 7.04. The number of piperidine rings is 1. The maximum absolute atomic E-state index is 14.2. The summed E-state index contributed by atoms with van der Waals surface area (Å²) in [6.45, 7) is 8.83. The predicted octanol–water partition coefficient (Wildman–Crippen LogP) is 2.14. The minimum absolute atomic E-state index is 0.235. The van der Waals surface area contributed by atoms with E-state index in [1.165, 1.54) is 6.33 Å². The Hall–Kier alpha value is -1.23. The summed E-state index contributed by atoms with van der Waals surface area (Å²) in [6, 6.07) is 0.235. The summed E-state index contributed by atoms with van der Waals surface area (Å²) in [6.07, 6.45) is 3.75. The summed E-state index contributed by atoms with van der Waals surface area (Å²) in [5, 5.41) is 3.36. The number of hydrogen-bond acceptors (Lipinski definition) is 4. The highest BCUT2D eigenvalue weighted by molar-refractivity contribution is 5.41. The van der Waals surface area contributed by atoms with Crippen molar-refractivity contribution in [3.8, 4) is 0 Å². The second-order valence-electron chi connectivity index (χ2n) is 5.54. The summed E-state index contributed by atoms with van der Waals surface area (Å²) in [7, 11) is 0. The predicted molar refractivity (Wildman–Crippen MR) is 74.8 cm³/mol. The maximum atomic E-state index is 14.2. The van der Waals surface area contributed by atoms with Crippen molar-refractivity contribution in [1.82, 2.24) is 15.3 Å². The lowest BCUT2D eigenvalue weighted by Crippen LogP contribution is -2.40. The minimum atomic E-state index is -0.287. The molecule has 0 amide bonds. The van der Waals surface area contributed by atoms with E-state index in [0.29, 0.717) is 17.4 Å². The fourth-order valence-electron chi connectivity index (χ4n) is 2.53. The number of halogens is 1. The maximum Gasteiger partial charge on any atom is 0.186 e. The van der Waals surface area contributed by atoms with Gasteiger partial charge in [0.15, 0.2) is 11.6 Å². The van der Waals surface area contributed by atoms with Crippen molar-refractivity contribution < 1.29 is 4.39 Å². The molecule has 4 nitrogen and oxygen atoms in total. The first-order valence-corrected chi connectivity index (χ1v) is 7.04. The van der Waals surface area contributed by atoms with Crippen LogP contribution in [-0.2, 0) is 0 Å². The van der Waals surface area contributed by atoms with Gasteiger partial charge in [-0.25, -0.2) is 14.4 Å². The molecule has 1 aromatic rings. The van der Waals surface area contributed by atoms with Crippen molar-refractivity contribution in [2.24, 2.45) is 5.92 Å². The van der Waals surface area contributed by atoms with Crippen LogP contribution in [0.5, 0.6) is 0 Å². The topological polar surface area (TPSA) is 41.1 Å². The van der Waals surface area contributed by atoms with E-state index in [1.54, 1.807) is 6.92 Å². The van der Waals surface area contributed by atoms with Crippen molar-refractivity contribution in [2.75, 3.05) is 24.5 Å². The standard InChI is InChI=1S/C14H23FN4/c1-10(2)19(8-12-4-6-16-7-5-12)14-13(15)11(3)17-9-18-14/h9-10,12,16H,4-8H2,1-3H3. The van der Waals surface area contributed by atoms with Crippen LogP contribution in [0.3, 0.4) is 0 Å². The first kappa shape index (κ1) is 14.2. The van der Waals surface area contributed by atoms with E-state index in [0.717, 1.165) is 32.5 Å². The normalized spacial score (nSPS) is 16.9. The molecule has 0 atom stereocenters. The Balaban J connectivity index is 2.17. The van der Waals surface area contributed by atoms with Crippen LogP contribution in [0.15, 0.2) is 6.33 Å². The average molecular weight is 266 g/mol. The molecule has 0 bridgehead atoms. The Morgan fingerprint density at radius 2 is 2.05 bits per heavy atom. The van der Waals surface area contributed by atoms with Gasteiger partial charge in [0.1, 0.15) is 6.33 Å². The second-order valence-corrected chi connectivity index (χ2v) is 5.54. The molecule has 1 saturated heterocycles. The van der Waals surface area contributed by atoms with Gasteiger partial charge < -0.3 is 10.2 Å². The molecular formula is C14H23FN4. The van der Waals surface area contributed by atoms with Crippen molar-refractivity contribution in [3.05, 3.63) is 17.8 Å². The monoisotopic (exact) mass is 266 g/mol. The van der Waals surface area contributed by atoms with Gasteiger partial charge in [-0.05, 0) is 52.6 Å². The van der Waals surface area contributed by atoms with Gasteiger partial charge in [0, 0.05) is 12.6 Å². The molecule has 5 heteroatoms. The Bertz CT molecular complexity index is 416. The zero-order valence-electron chi connectivity index (χ0n) is 12.0. The summed E-state index contributed by atoms with van der Waals surface area (Å²) >= 11 is 0. The van der Waals surface area contributed by atoms with Crippen LogP contribution >= 0.6 is 0 Å². The van der Waals surface area contributed by atoms with E-state index >= 15 is 0 Å². The van der Waals surface area contributed by atoms with Gasteiger partial charge in [0.05, 0.1) is 5.69 Å². The molecule has 0 unspecified atom stereocenters. The highest BCUT2D eigenvalue weighted by Crippen LogP contribution is 2.23. The van der Waals surface area contributed by atoms with Crippen molar-refractivity contribution in [1.29, 1.82) is 0 Å². The Morgan fingerprint density at radius 1 is 1.37 bits per heavy atom. The smallest absolute Gasteiger partial charge is 0.186 e. The fourth-order valence-corrected chi connectivity index (χ4v) is 2.53. The Labute approximate surface area is 114 Å². The summed E-state index contributed by atoms with van der Waals surface area (Å²) in [5.41, 5.74) is 0.418. The number of rotatable bonds is 4. The van der Waals surface area contributed by atoms with Crippen LogP contribution in [0.25, 0.3) is 0 Å². The molecular weight excluding hydrogens is 243 g/mol. The number of anilines is 1. The third-order valence-corrected chi connectivity index (χ3v) is 3.75. The molecule has 1 N–H and O–H groups in total. The van der Waals surface area contributed by atoms with E-state index < -0.39 is 0 Å². The van der Waals surface area contributed by atoms with E-state index in [-0.39, 0.29) is 11.9 Å². The molecule has 0 saturated carbocycles. The molecule has 19 heavy (non-hydrogen) atoms. The van der Waals surface area contributed by atoms with Gasteiger partial charge in [-0.2, -0.15) is 0 Å². The lowest BCUT2D eigenvalue weighted by Gasteiger charge is -2.33. The van der Waals surface area contributed by atoms with Crippen LogP contribution in [-0.4, -0.2) is 35.6 Å². The quantitative estimate of drug-likeness (QED) is 0.906. The lowest BCUT2D eigenvalue weighted by molar-refractivity contribution is 0.365. The molecule has 2 rings (SSSR count). The van der Waals surface area contributed by atoms with Crippen LogP contribution in [0, 0.1) is 18.7 Å². The summed E-state index contributed by atoms with van der Waals surface area (Å²) < 4.78 is 14.2. The molecule has 1 aliphatic heterocycles. The molecule has 0 aromatic carbocycles. The number of nitrogens with zero attached hydrogens (tertiary/aromatic N) is 3. The van der Waals surface area contributed by atoms with Gasteiger partial charge >= 0.3 is 0 Å². The molecule has 106 valence electrons. The second kappa shape index (κ2) is 6.28. The first-order chi connectivity index (χ1) is 9.09. The number of nitrogens with one attached hydrogen (secondary N) is 1. The minimum Gasteiger partial charge on any atom is -0.351 e. The van der Waals surface area contributed by atoms with Crippen LogP contribution in [0.1, 0.15) is 32.4 Å². The molecule has 0 spiro atoms. The van der Waals surface area contributed by atoms with Crippen molar-refractivity contribution in [2.45, 2.75) is 39.7 Å². The average Bonchev–Trinajstić information content (AvgIpc) is 2.40. The van der Waals surface area contributed by atoms with Crippen molar-refractivity contribution in [3.63, 3.8) is 0 Å². The Kier molecular flexibility index (Phi) is 4.69. The van der Waals surface area contributed by atoms with E-state index in [2.05, 4.69) is 34.0 Å². The summed E-state index contributed by atoms with van der Waals surface area (Å²) in [5.74, 6) is 0.768. The molecule has 0 aliphatic carbocycles. The molecule has 1 aliphatic rings. The molecule has 0 radical (unpaired) electrons. The van der Waals surface area contributed by atoms with E-state index in [4.69, 9.17) is 0 Å². The van der Waals surface area contributed by atoms with Gasteiger partial charge in [-0.3, -0.25) is 0 Å². The van der Waals surface area contributed by atoms with Crippen LogP contribution in [0.4, 0.5) is 10.2 Å². The Morgan fingerprint density at radius 3 is 2.68 bits per heavy atom. The largest absolute Gasteiger partial charge is 0.351 e. The third-order valence-electron chi connectivity index (χ3n) is 3.75. The number of aryl methyl sites for hydroxylation is 1. The van der Waals surface area contributed by atoms with E-state index in [9.17, 15) is 4.39 Å². The van der Waals surface area contributed by atoms with Crippen LogP contribution < -0.4 is 10.2 Å². The molecule has 1 aromatic heterocycles. The van der Waals surface area contributed by atoms with Gasteiger partial charge in [0.2, 0.25) is 0 Å². The van der Waals surface area contributed by atoms with E-state index in [1.807, 2.05) is 0 Å². The lowest BCUT2D eigenvalue weighted by atomic mass is 9.97. The van der Waals surface area contributed by atoms with Crippen molar-refractivity contribution >= 4 is 5.82 Å².